The monoisotopic (exact) mass is 268 g/mol. The van der Waals surface area contributed by atoms with Crippen molar-refractivity contribution in [1.29, 1.82) is 0 Å². The van der Waals surface area contributed by atoms with Gasteiger partial charge < -0.3 is 19.9 Å². The summed E-state index contributed by atoms with van der Waals surface area (Å²) in [4.78, 5) is 12.2. The molecule has 7 nitrogen and oxygen atoms in total. The van der Waals surface area contributed by atoms with E-state index in [1.54, 1.807) is 0 Å². The minimum atomic E-state index is 0.222. The van der Waals surface area contributed by atoms with Gasteiger partial charge in [0.2, 0.25) is 5.95 Å². The Balaban J connectivity index is 1.98. The van der Waals surface area contributed by atoms with Gasteiger partial charge in [0.25, 0.3) is 0 Å². The van der Waals surface area contributed by atoms with Crippen LogP contribution in [0.15, 0.2) is 0 Å². The van der Waals surface area contributed by atoms with Crippen molar-refractivity contribution < 1.29 is 14.6 Å². The number of rotatable bonds is 6. The maximum absolute atomic E-state index is 9.29. The number of aromatic nitrogens is 3. The molecule has 2 N–H and O–H groups in total. The maximum atomic E-state index is 9.29. The summed E-state index contributed by atoms with van der Waals surface area (Å²) in [5, 5.41) is 12.5. The fourth-order valence-corrected chi connectivity index (χ4v) is 2.44. The SMILES string of the molecule is COc1nc(NCC2CCCC2CO)nc(OC)n1. The largest absolute Gasteiger partial charge is 0.467 e. The molecule has 1 aliphatic carbocycles. The zero-order valence-electron chi connectivity index (χ0n) is 11.3. The van der Waals surface area contributed by atoms with Gasteiger partial charge in [0.15, 0.2) is 0 Å². The Bertz CT molecular complexity index is 394. The van der Waals surface area contributed by atoms with Gasteiger partial charge in [-0.15, -0.1) is 4.98 Å². The molecule has 2 rings (SSSR count). The fourth-order valence-electron chi connectivity index (χ4n) is 2.44. The minimum Gasteiger partial charge on any atom is -0.467 e. The van der Waals surface area contributed by atoms with Crippen molar-refractivity contribution in [3.05, 3.63) is 0 Å². The third-order valence-electron chi connectivity index (χ3n) is 3.53. The Morgan fingerprint density at radius 1 is 1.11 bits per heavy atom. The van der Waals surface area contributed by atoms with Crippen LogP contribution in [-0.4, -0.2) is 47.4 Å². The van der Waals surface area contributed by atoms with E-state index in [4.69, 9.17) is 9.47 Å². The molecule has 1 aliphatic rings. The average Bonchev–Trinajstić information content (AvgIpc) is 2.92. The number of hydrogen-bond acceptors (Lipinski definition) is 7. The number of ether oxygens (including phenoxy) is 2. The summed E-state index contributed by atoms with van der Waals surface area (Å²) in [6.45, 7) is 0.984. The second-order valence-electron chi connectivity index (χ2n) is 4.65. The van der Waals surface area contributed by atoms with Gasteiger partial charge in [-0.2, -0.15) is 9.97 Å². The van der Waals surface area contributed by atoms with E-state index < -0.39 is 0 Å². The average molecular weight is 268 g/mol. The van der Waals surface area contributed by atoms with Gasteiger partial charge in [-0.05, 0) is 24.7 Å². The number of anilines is 1. The molecule has 1 saturated carbocycles. The number of aliphatic hydroxyl groups is 1. The number of aliphatic hydroxyl groups excluding tert-OH is 1. The third-order valence-corrected chi connectivity index (χ3v) is 3.53. The summed E-state index contributed by atoms with van der Waals surface area (Å²) in [7, 11) is 2.99. The van der Waals surface area contributed by atoms with Crippen LogP contribution in [0.3, 0.4) is 0 Å². The summed E-state index contributed by atoms with van der Waals surface area (Å²) in [5.41, 5.74) is 0. The second-order valence-corrected chi connectivity index (χ2v) is 4.65. The molecule has 2 unspecified atom stereocenters. The molecule has 0 aliphatic heterocycles. The zero-order valence-corrected chi connectivity index (χ0v) is 11.3. The highest BCUT2D eigenvalue weighted by Crippen LogP contribution is 2.31. The van der Waals surface area contributed by atoms with Crippen molar-refractivity contribution in [3.8, 4) is 12.0 Å². The molecule has 0 spiro atoms. The van der Waals surface area contributed by atoms with E-state index in [2.05, 4.69) is 20.3 Å². The van der Waals surface area contributed by atoms with E-state index in [1.807, 2.05) is 0 Å². The summed E-state index contributed by atoms with van der Waals surface area (Å²) in [5.74, 6) is 1.27. The van der Waals surface area contributed by atoms with Crippen LogP contribution in [0.1, 0.15) is 19.3 Å². The molecule has 0 bridgehead atoms. The molecule has 0 radical (unpaired) electrons. The van der Waals surface area contributed by atoms with Gasteiger partial charge >= 0.3 is 12.0 Å². The van der Waals surface area contributed by atoms with Crippen LogP contribution in [0.4, 0.5) is 5.95 Å². The summed E-state index contributed by atoms with van der Waals surface area (Å²) >= 11 is 0. The quantitative estimate of drug-likeness (QED) is 0.785. The molecule has 1 aromatic heterocycles. The van der Waals surface area contributed by atoms with Crippen LogP contribution < -0.4 is 14.8 Å². The van der Waals surface area contributed by atoms with Gasteiger partial charge in [0.05, 0.1) is 14.2 Å². The van der Waals surface area contributed by atoms with Gasteiger partial charge in [-0.25, -0.2) is 0 Å². The van der Waals surface area contributed by atoms with E-state index in [-0.39, 0.29) is 18.6 Å². The molecule has 2 atom stereocenters. The van der Waals surface area contributed by atoms with Crippen molar-refractivity contribution in [2.24, 2.45) is 11.8 Å². The molecule has 1 aromatic rings. The van der Waals surface area contributed by atoms with E-state index >= 15 is 0 Å². The van der Waals surface area contributed by atoms with Gasteiger partial charge in [-0.3, -0.25) is 0 Å². The molecule has 106 valence electrons. The Hall–Kier alpha value is -1.63. The molecule has 1 heterocycles. The van der Waals surface area contributed by atoms with E-state index in [0.29, 0.717) is 17.8 Å². The van der Waals surface area contributed by atoms with E-state index in [9.17, 15) is 5.11 Å². The lowest BCUT2D eigenvalue weighted by atomic mass is 9.97. The minimum absolute atomic E-state index is 0.222. The topological polar surface area (TPSA) is 89.4 Å². The second kappa shape index (κ2) is 6.51. The molecule has 0 amide bonds. The standard InChI is InChI=1S/C12H20N4O3/c1-18-11-14-10(15-12(16-11)19-2)13-6-8-4-3-5-9(8)7-17/h8-9,17H,3-7H2,1-2H3,(H,13,14,15,16). The summed E-state index contributed by atoms with van der Waals surface area (Å²) in [6.07, 6.45) is 3.38. The predicted molar refractivity (Wildman–Crippen MR) is 69.3 cm³/mol. The van der Waals surface area contributed by atoms with Crippen molar-refractivity contribution in [3.63, 3.8) is 0 Å². The third kappa shape index (κ3) is 3.44. The number of methoxy groups -OCH3 is 2. The Morgan fingerprint density at radius 2 is 1.74 bits per heavy atom. The molecular weight excluding hydrogens is 248 g/mol. The molecule has 0 saturated heterocycles. The molecular formula is C12H20N4O3. The van der Waals surface area contributed by atoms with Crippen LogP contribution in [0.2, 0.25) is 0 Å². The van der Waals surface area contributed by atoms with Gasteiger partial charge in [-0.1, -0.05) is 6.42 Å². The first-order chi connectivity index (χ1) is 9.26. The molecule has 1 fully saturated rings. The Kier molecular flexibility index (Phi) is 4.73. The highest BCUT2D eigenvalue weighted by atomic mass is 16.5. The normalized spacial score (nSPS) is 22.3. The van der Waals surface area contributed by atoms with Crippen LogP contribution in [0, 0.1) is 11.8 Å². The molecule has 0 aromatic carbocycles. The van der Waals surface area contributed by atoms with Crippen molar-refractivity contribution in [1.82, 2.24) is 15.0 Å². The van der Waals surface area contributed by atoms with Crippen LogP contribution >= 0.6 is 0 Å². The van der Waals surface area contributed by atoms with Gasteiger partial charge in [0, 0.05) is 13.2 Å². The lowest BCUT2D eigenvalue weighted by Gasteiger charge is -2.17. The fraction of sp³-hybridized carbons (Fsp3) is 0.750. The summed E-state index contributed by atoms with van der Waals surface area (Å²) < 4.78 is 9.98. The maximum Gasteiger partial charge on any atom is 0.324 e. The van der Waals surface area contributed by atoms with Crippen LogP contribution in [0.25, 0.3) is 0 Å². The first-order valence-corrected chi connectivity index (χ1v) is 6.45. The van der Waals surface area contributed by atoms with Crippen molar-refractivity contribution in [2.45, 2.75) is 19.3 Å². The molecule has 19 heavy (non-hydrogen) atoms. The lowest BCUT2D eigenvalue weighted by molar-refractivity contribution is 0.198. The van der Waals surface area contributed by atoms with E-state index in [1.165, 1.54) is 20.6 Å². The van der Waals surface area contributed by atoms with Crippen LogP contribution in [0.5, 0.6) is 12.0 Å². The molecule has 7 heteroatoms. The lowest BCUT2D eigenvalue weighted by Crippen LogP contribution is -2.21. The van der Waals surface area contributed by atoms with Crippen molar-refractivity contribution >= 4 is 5.95 Å². The predicted octanol–water partition coefficient (Wildman–Crippen LogP) is 0.709. The highest BCUT2D eigenvalue weighted by molar-refractivity contribution is 5.27. The van der Waals surface area contributed by atoms with E-state index in [0.717, 1.165) is 19.4 Å². The Labute approximate surface area is 112 Å². The smallest absolute Gasteiger partial charge is 0.324 e. The number of hydrogen-bond donors (Lipinski definition) is 2. The zero-order chi connectivity index (χ0) is 13.7. The van der Waals surface area contributed by atoms with Crippen molar-refractivity contribution in [2.75, 3.05) is 32.7 Å². The number of nitrogens with zero attached hydrogens (tertiary/aromatic N) is 3. The highest BCUT2D eigenvalue weighted by Gasteiger charge is 2.26. The van der Waals surface area contributed by atoms with Gasteiger partial charge in [0.1, 0.15) is 0 Å². The first-order valence-electron chi connectivity index (χ1n) is 6.45. The number of nitrogens with one attached hydrogen (secondary N) is 1. The van der Waals surface area contributed by atoms with Crippen LogP contribution in [-0.2, 0) is 0 Å². The summed E-state index contributed by atoms with van der Waals surface area (Å²) in [6, 6.07) is 0.443. The first kappa shape index (κ1) is 13.8. The Morgan fingerprint density at radius 3 is 2.32 bits per heavy atom.